The molecule has 0 fully saturated rings. The van der Waals surface area contributed by atoms with Crippen LogP contribution in [0.1, 0.15) is 5.56 Å². The van der Waals surface area contributed by atoms with E-state index < -0.39 is 0 Å². The first-order valence-electron chi connectivity index (χ1n) is 4.43. The average molecular weight is 262 g/mol. The van der Waals surface area contributed by atoms with E-state index in [1.165, 1.54) is 0 Å². The number of nitrogens with one attached hydrogen (secondary N) is 1. The highest BCUT2D eigenvalue weighted by Gasteiger charge is 2.08. The summed E-state index contributed by atoms with van der Waals surface area (Å²) >= 11 is 3.43. The van der Waals surface area contributed by atoms with E-state index >= 15 is 0 Å². The maximum absolute atomic E-state index is 8.94. The van der Waals surface area contributed by atoms with Crippen LogP contribution in [0.4, 0.5) is 5.69 Å². The molecule has 1 heterocycles. The summed E-state index contributed by atoms with van der Waals surface area (Å²) in [6, 6.07) is 7.92. The highest BCUT2D eigenvalue weighted by atomic mass is 79.9. The molecule has 0 aliphatic carbocycles. The number of aromatic nitrogens is 1. The minimum atomic E-state index is 0.558. The van der Waals surface area contributed by atoms with Crippen LogP contribution in [-0.4, -0.2) is 12.0 Å². The van der Waals surface area contributed by atoms with Gasteiger partial charge in [-0.25, -0.2) is 0 Å². The van der Waals surface area contributed by atoms with Crippen LogP contribution in [0.25, 0.3) is 10.9 Å². The number of anilines is 1. The topological polar surface area (TPSA) is 48.7 Å². The predicted molar refractivity (Wildman–Crippen MR) is 63.7 cm³/mol. The molecule has 0 saturated carbocycles. The first kappa shape index (κ1) is 9.94. The highest BCUT2D eigenvalue weighted by Crippen LogP contribution is 2.29. The van der Waals surface area contributed by atoms with Gasteiger partial charge in [0.15, 0.2) is 0 Å². The van der Waals surface area contributed by atoms with Gasteiger partial charge >= 0.3 is 0 Å². The van der Waals surface area contributed by atoms with Gasteiger partial charge in [0.1, 0.15) is 6.07 Å². The van der Waals surface area contributed by atoms with E-state index in [0.717, 1.165) is 21.1 Å². The number of hydrogen-bond donors (Lipinski definition) is 1. The monoisotopic (exact) mass is 261 g/mol. The Morgan fingerprint density at radius 2 is 2.27 bits per heavy atom. The lowest BCUT2D eigenvalue weighted by molar-refractivity contribution is 1.35. The van der Waals surface area contributed by atoms with E-state index in [2.05, 4.69) is 32.3 Å². The molecule has 2 aromatic rings. The van der Waals surface area contributed by atoms with Crippen molar-refractivity contribution in [1.82, 2.24) is 4.98 Å². The molecule has 2 rings (SSSR count). The van der Waals surface area contributed by atoms with Crippen molar-refractivity contribution in [3.05, 3.63) is 34.4 Å². The Morgan fingerprint density at radius 1 is 1.47 bits per heavy atom. The Bertz CT molecular complexity index is 557. The van der Waals surface area contributed by atoms with E-state index in [1.807, 2.05) is 18.2 Å². The van der Waals surface area contributed by atoms with Gasteiger partial charge in [0.25, 0.3) is 0 Å². The zero-order valence-corrected chi connectivity index (χ0v) is 9.67. The molecule has 0 radical (unpaired) electrons. The van der Waals surface area contributed by atoms with Gasteiger partial charge < -0.3 is 5.32 Å². The van der Waals surface area contributed by atoms with E-state index in [4.69, 9.17) is 5.26 Å². The maximum Gasteiger partial charge on any atom is 0.103 e. The standard InChI is InChI=1S/C11H8BrN3/c1-14-10-7(5-13)6-15-11-8(10)3-2-4-9(11)12/h2-4,6H,1H3,(H,14,15). The summed E-state index contributed by atoms with van der Waals surface area (Å²) in [5, 5.41) is 12.9. The van der Waals surface area contributed by atoms with Gasteiger partial charge in [-0.05, 0) is 22.0 Å². The second kappa shape index (κ2) is 3.87. The van der Waals surface area contributed by atoms with Crippen LogP contribution in [0.5, 0.6) is 0 Å². The van der Waals surface area contributed by atoms with E-state index in [-0.39, 0.29) is 0 Å². The maximum atomic E-state index is 8.94. The van der Waals surface area contributed by atoms with Gasteiger partial charge in [0.05, 0.1) is 16.8 Å². The quantitative estimate of drug-likeness (QED) is 0.859. The van der Waals surface area contributed by atoms with Crippen LogP contribution >= 0.6 is 15.9 Å². The average Bonchev–Trinajstić information content (AvgIpc) is 2.28. The number of nitriles is 1. The SMILES string of the molecule is CNc1c(C#N)cnc2c(Br)cccc12. The zero-order valence-electron chi connectivity index (χ0n) is 8.08. The highest BCUT2D eigenvalue weighted by molar-refractivity contribution is 9.10. The minimum Gasteiger partial charge on any atom is -0.386 e. The largest absolute Gasteiger partial charge is 0.386 e. The smallest absolute Gasteiger partial charge is 0.103 e. The van der Waals surface area contributed by atoms with Crippen LogP contribution in [0.2, 0.25) is 0 Å². The van der Waals surface area contributed by atoms with Gasteiger partial charge in [-0.2, -0.15) is 5.26 Å². The van der Waals surface area contributed by atoms with Gasteiger partial charge in [-0.1, -0.05) is 12.1 Å². The summed E-state index contributed by atoms with van der Waals surface area (Å²) in [7, 11) is 1.80. The molecule has 0 unspecified atom stereocenters. The minimum absolute atomic E-state index is 0.558. The first-order chi connectivity index (χ1) is 7.27. The molecule has 0 aliphatic rings. The van der Waals surface area contributed by atoms with Crippen molar-refractivity contribution in [3.63, 3.8) is 0 Å². The van der Waals surface area contributed by atoms with Crippen molar-refractivity contribution in [2.45, 2.75) is 0 Å². The number of fused-ring (bicyclic) bond motifs is 1. The fourth-order valence-corrected chi connectivity index (χ4v) is 2.01. The van der Waals surface area contributed by atoms with E-state index in [9.17, 15) is 0 Å². The van der Waals surface area contributed by atoms with Crippen LogP contribution in [0.15, 0.2) is 28.9 Å². The fourth-order valence-electron chi connectivity index (χ4n) is 1.54. The van der Waals surface area contributed by atoms with Crippen molar-refractivity contribution >= 4 is 32.5 Å². The molecule has 0 spiro atoms. The molecule has 1 aromatic carbocycles. The van der Waals surface area contributed by atoms with Gasteiger partial charge in [-0.15, -0.1) is 0 Å². The molecular formula is C11H8BrN3. The molecule has 0 atom stereocenters. The molecule has 0 amide bonds. The second-order valence-corrected chi connectivity index (χ2v) is 3.90. The Kier molecular flexibility index (Phi) is 2.57. The molecule has 3 nitrogen and oxygen atoms in total. The number of halogens is 1. The third-order valence-corrected chi connectivity index (χ3v) is 2.86. The second-order valence-electron chi connectivity index (χ2n) is 3.04. The van der Waals surface area contributed by atoms with Crippen molar-refractivity contribution in [3.8, 4) is 6.07 Å². The van der Waals surface area contributed by atoms with Crippen molar-refractivity contribution in [2.75, 3.05) is 12.4 Å². The Morgan fingerprint density at radius 3 is 2.93 bits per heavy atom. The van der Waals surface area contributed by atoms with Crippen LogP contribution in [0, 0.1) is 11.3 Å². The lowest BCUT2D eigenvalue weighted by atomic mass is 10.1. The van der Waals surface area contributed by atoms with Crippen LogP contribution < -0.4 is 5.32 Å². The van der Waals surface area contributed by atoms with E-state index in [1.54, 1.807) is 13.2 Å². The van der Waals surface area contributed by atoms with Crippen molar-refractivity contribution in [1.29, 1.82) is 5.26 Å². The number of benzene rings is 1. The zero-order chi connectivity index (χ0) is 10.8. The third-order valence-electron chi connectivity index (χ3n) is 2.22. The van der Waals surface area contributed by atoms with Crippen molar-refractivity contribution < 1.29 is 0 Å². The summed E-state index contributed by atoms with van der Waals surface area (Å²) in [5.74, 6) is 0. The lowest BCUT2D eigenvalue weighted by Crippen LogP contribution is -1.95. The van der Waals surface area contributed by atoms with Gasteiger partial charge in [0, 0.05) is 23.1 Å². The molecular weight excluding hydrogens is 254 g/mol. The summed E-state index contributed by atoms with van der Waals surface area (Å²) in [6.45, 7) is 0. The summed E-state index contributed by atoms with van der Waals surface area (Å²) in [4.78, 5) is 4.25. The predicted octanol–water partition coefficient (Wildman–Crippen LogP) is 2.91. The first-order valence-corrected chi connectivity index (χ1v) is 5.22. The lowest BCUT2D eigenvalue weighted by Gasteiger charge is -2.07. The molecule has 15 heavy (non-hydrogen) atoms. The number of pyridine rings is 1. The normalized spacial score (nSPS) is 9.93. The summed E-state index contributed by atoms with van der Waals surface area (Å²) in [6.07, 6.45) is 1.58. The molecule has 0 bridgehead atoms. The van der Waals surface area contributed by atoms with Crippen LogP contribution in [-0.2, 0) is 0 Å². The van der Waals surface area contributed by atoms with E-state index in [0.29, 0.717) is 5.56 Å². The molecule has 1 N–H and O–H groups in total. The molecule has 4 heteroatoms. The molecule has 74 valence electrons. The summed E-state index contributed by atoms with van der Waals surface area (Å²) < 4.78 is 0.931. The van der Waals surface area contributed by atoms with Crippen molar-refractivity contribution in [2.24, 2.45) is 0 Å². The molecule has 1 aromatic heterocycles. The fraction of sp³-hybridized carbons (Fsp3) is 0.0909. The Balaban J connectivity index is 2.90. The Labute approximate surface area is 95.9 Å². The Hall–Kier alpha value is -1.60. The van der Waals surface area contributed by atoms with Gasteiger partial charge in [0.2, 0.25) is 0 Å². The number of hydrogen-bond acceptors (Lipinski definition) is 3. The molecule has 0 aliphatic heterocycles. The third kappa shape index (κ3) is 1.55. The summed E-state index contributed by atoms with van der Waals surface area (Å²) in [5.41, 5.74) is 2.24. The van der Waals surface area contributed by atoms with Crippen LogP contribution in [0.3, 0.4) is 0 Å². The molecule has 0 saturated heterocycles. The number of para-hydroxylation sites is 1. The number of rotatable bonds is 1. The van der Waals surface area contributed by atoms with Gasteiger partial charge in [-0.3, -0.25) is 4.98 Å². The number of nitrogens with zero attached hydrogens (tertiary/aromatic N) is 2.